The second kappa shape index (κ2) is 5.98. The summed E-state index contributed by atoms with van der Waals surface area (Å²) >= 11 is 0. The molecular formula is C14H20N2O2. The first-order valence-electron chi connectivity index (χ1n) is 6.45. The highest BCUT2D eigenvalue weighted by Crippen LogP contribution is 2.14. The molecule has 1 aromatic rings. The second-order valence-electron chi connectivity index (χ2n) is 4.80. The maximum Gasteiger partial charge on any atom is 0.241 e. The average molecular weight is 248 g/mol. The van der Waals surface area contributed by atoms with E-state index in [2.05, 4.69) is 10.2 Å². The van der Waals surface area contributed by atoms with Gasteiger partial charge in [0.05, 0.1) is 12.1 Å². The smallest absolute Gasteiger partial charge is 0.241 e. The van der Waals surface area contributed by atoms with E-state index >= 15 is 0 Å². The highest BCUT2D eigenvalue weighted by Gasteiger charge is 2.25. The molecule has 18 heavy (non-hydrogen) atoms. The number of amides is 1. The summed E-state index contributed by atoms with van der Waals surface area (Å²) < 4.78 is 0. The molecule has 1 fully saturated rings. The van der Waals surface area contributed by atoms with Crippen molar-refractivity contribution in [3.05, 3.63) is 30.3 Å². The fourth-order valence-electron chi connectivity index (χ4n) is 2.21. The summed E-state index contributed by atoms with van der Waals surface area (Å²) in [4.78, 5) is 14.2. The molecule has 2 N–H and O–H groups in total. The van der Waals surface area contributed by atoms with Gasteiger partial charge < -0.3 is 10.4 Å². The Labute approximate surface area is 108 Å². The van der Waals surface area contributed by atoms with E-state index in [-0.39, 0.29) is 18.1 Å². The Morgan fingerprint density at radius 2 is 1.94 bits per heavy atom. The monoisotopic (exact) mass is 248 g/mol. The summed E-state index contributed by atoms with van der Waals surface area (Å²) in [5.74, 6) is 0.0117. The predicted molar refractivity (Wildman–Crippen MR) is 71.3 cm³/mol. The number of nitrogens with zero attached hydrogens (tertiary/aromatic N) is 1. The van der Waals surface area contributed by atoms with Gasteiger partial charge in [0.2, 0.25) is 5.91 Å². The zero-order valence-corrected chi connectivity index (χ0v) is 10.7. The fourth-order valence-corrected chi connectivity index (χ4v) is 2.21. The molecule has 98 valence electrons. The molecule has 1 heterocycles. The van der Waals surface area contributed by atoms with Gasteiger partial charge >= 0.3 is 0 Å². The summed E-state index contributed by atoms with van der Waals surface area (Å²) in [6.45, 7) is 3.48. The van der Waals surface area contributed by atoms with Crippen LogP contribution in [0.2, 0.25) is 0 Å². The average Bonchev–Trinajstić information content (AvgIpc) is 2.40. The Morgan fingerprint density at radius 3 is 2.56 bits per heavy atom. The number of rotatable bonds is 3. The third kappa shape index (κ3) is 3.31. The lowest BCUT2D eigenvalue weighted by atomic mass is 10.1. The maximum absolute atomic E-state index is 12.1. The lowest BCUT2D eigenvalue weighted by molar-refractivity contribution is -0.121. The molecule has 1 aliphatic heterocycles. The molecule has 1 aliphatic rings. The van der Waals surface area contributed by atoms with Gasteiger partial charge in [-0.3, -0.25) is 9.69 Å². The normalized spacial score (nSPS) is 19.4. The van der Waals surface area contributed by atoms with Gasteiger partial charge in [-0.25, -0.2) is 0 Å². The van der Waals surface area contributed by atoms with Crippen LogP contribution in [0, 0.1) is 0 Å². The van der Waals surface area contributed by atoms with E-state index in [0.717, 1.165) is 31.6 Å². The highest BCUT2D eigenvalue weighted by atomic mass is 16.3. The number of carbonyl (C=O) groups excluding carboxylic acids is 1. The Balaban J connectivity index is 1.89. The van der Waals surface area contributed by atoms with Crippen molar-refractivity contribution in [1.29, 1.82) is 0 Å². The summed E-state index contributed by atoms with van der Waals surface area (Å²) in [6.07, 6.45) is 1.30. The summed E-state index contributed by atoms with van der Waals surface area (Å²) in [7, 11) is 0. The van der Waals surface area contributed by atoms with E-state index in [1.165, 1.54) is 0 Å². The molecule has 0 radical (unpaired) electrons. The maximum atomic E-state index is 12.1. The Hall–Kier alpha value is -1.39. The van der Waals surface area contributed by atoms with Crippen molar-refractivity contribution in [3.63, 3.8) is 0 Å². The van der Waals surface area contributed by atoms with Gasteiger partial charge in [-0.2, -0.15) is 0 Å². The van der Waals surface area contributed by atoms with Crippen LogP contribution in [-0.2, 0) is 4.79 Å². The van der Waals surface area contributed by atoms with Crippen LogP contribution in [0.3, 0.4) is 0 Å². The van der Waals surface area contributed by atoms with Gasteiger partial charge in [-0.05, 0) is 31.9 Å². The van der Waals surface area contributed by atoms with E-state index in [4.69, 9.17) is 0 Å². The fraction of sp³-hybridized carbons (Fsp3) is 0.500. The van der Waals surface area contributed by atoms with Crippen LogP contribution in [0.15, 0.2) is 30.3 Å². The van der Waals surface area contributed by atoms with Crippen LogP contribution in [0.1, 0.15) is 19.8 Å². The number of aliphatic hydroxyl groups excluding tert-OH is 1. The zero-order valence-electron chi connectivity index (χ0n) is 10.7. The Bertz CT molecular complexity index is 386. The van der Waals surface area contributed by atoms with Crippen LogP contribution in [-0.4, -0.2) is 41.1 Å². The molecule has 1 amide bonds. The van der Waals surface area contributed by atoms with Gasteiger partial charge in [0.25, 0.3) is 0 Å². The molecule has 2 rings (SSSR count). The quantitative estimate of drug-likeness (QED) is 0.851. The number of para-hydroxylation sites is 1. The number of likely N-dealkylation sites (tertiary alicyclic amines) is 1. The first-order chi connectivity index (χ1) is 8.66. The van der Waals surface area contributed by atoms with Crippen molar-refractivity contribution in [2.75, 3.05) is 18.4 Å². The topological polar surface area (TPSA) is 52.6 Å². The Kier molecular flexibility index (Phi) is 4.33. The van der Waals surface area contributed by atoms with E-state index in [1.54, 1.807) is 0 Å². The summed E-state index contributed by atoms with van der Waals surface area (Å²) in [6, 6.07) is 9.33. The van der Waals surface area contributed by atoms with E-state index in [1.807, 2.05) is 37.3 Å². The minimum absolute atomic E-state index is 0.0117. The summed E-state index contributed by atoms with van der Waals surface area (Å²) in [5, 5.41) is 12.4. The first kappa shape index (κ1) is 13.1. The number of nitrogens with one attached hydrogen (secondary N) is 1. The molecule has 4 heteroatoms. The van der Waals surface area contributed by atoms with E-state index in [9.17, 15) is 9.90 Å². The number of aliphatic hydroxyl groups is 1. The van der Waals surface area contributed by atoms with Gasteiger partial charge in [0.15, 0.2) is 0 Å². The largest absolute Gasteiger partial charge is 0.393 e. The molecule has 1 aromatic carbocycles. The lowest BCUT2D eigenvalue weighted by Gasteiger charge is -2.33. The standard InChI is InChI=1S/C14H20N2O2/c1-11(16-9-7-13(17)8-10-16)14(18)15-12-5-3-2-4-6-12/h2-6,11,13,17H,7-10H2,1H3,(H,15,18). The van der Waals surface area contributed by atoms with Crippen molar-refractivity contribution in [2.45, 2.75) is 31.9 Å². The van der Waals surface area contributed by atoms with Crippen LogP contribution in [0.4, 0.5) is 5.69 Å². The molecular weight excluding hydrogens is 228 g/mol. The van der Waals surface area contributed by atoms with Crippen molar-refractivity contribution < 1.29 is 9.90 Å². The number of hydrogen-bond donors (Lipinski definition) is 2. The number of benzene rings is 1. The number of piperidine rings is 1. The first-order valence-corrected chi connectivity index (χ1v) is 6.45. The van der Waals surface area contributed by atoms with Gasteiger partial charge in [-0.1, -0.05) is 18.2 Å². The van der Waals surface area contributed by atoms with Crippen LogP contribution in [0.25, 0.3) is 0 Å². The predicted octanol–water partition coefficient (Wildman–Crippen LogP) is 1.47. The molecule has 4 nitrogen and oxygen atoms in total. The van der Waals surface area contributed by atoms with Crippen LogP contribution >= 0.6 is 0 Å². The zero-order chi connectivity index (χ0) is 13.0. The van der Waals surface area contributed by atoms with E-state index < -0.39 is 0 Å². The van der Waals surface area contributed by atoms with E-state index in [0.29, 0.717) is 0 Å². The number of anilines is 1. The molecule has 0 aliphatic carbocycles. The molecule has 1 unspecified atom stereocenters. The van der Waals surface area contributed by atoms with Crippen molar-refractivity contribution >= 4 is 11.6 Å². The van der Waals surface area contributed by atoms with Gasteiger partial charge in [0.1, 0.15) is 0 Å². The summed E-state index contributed by atoms with van der Waals surface area (Å²) in [5.41, 5.74) is 0.825. The molecule has 0 spiro atoms. The minimum Gasteiger partial charge on any atom is -0.393 e. The minimum atomic E-state index is -0.203. The Morgan fingerprint density at radius 1 is 1.33 bits per heavy atom. The third-order valence-corrected chi connectivity index (χ3v) is 3.47. The molecule has 0 bridgehead atoms. The van der Waals surface area contributed by atoms with Crippen molar-refractivity contribution in [1.82, 2.24) is 4.90 Å². The van der Waals surface area contributed by atoms with Crippen LogP contribution in [0.5, 0.6) is 0 Å². The third-order valence-electron chi connectivity index (χ3n) is 3.47. The van der Waals surface area contributed by atoms with Crippen molar-refractivity contribution in [3.8, 4) is 0 Å². The number of hydrogen-bond acceptors (Lipinski definition) is 3. The van der Waals surface area contributed by atoms with Crippen molar-refractivity contribution in [2.24, 2.45) is 0 Å². The molecule has 1 atom stereocenters. The van der Waals surface area contributed by atoms with Gasteiger partial charge in [-0.15, -0.1) is 0 Å². The molecule has 1 saturated heterocycles. The lowest BCUT2D eigenvalue weighted by Crippen LogP contribution is -2.47. The van der Waals surface area contributed by atoms with Crippen LogP contribution < -0.4 is 5.32 Å². The second-order valence-corrected chi connectivity index (χ2v) is 4.80. The molecule has 0 aromatic heterocycles. The van der Waals surface area contributed by atoms with Gasteiger partial charge in [0, 0.05) is 18.8 Å². The molecule has 0 saturated carbocycles. The SMILES string of the molecule is CC(C(=O)Nc1ccccc1)N1CCC(O)CC1. The highest BCUT2D eigenvalue weighted by molar-refractivity contribution is 5.94. The number of carbonyl (C=O) groups is 1.